The summed E-state index contributed by atoms with van der Waals surface area (Å²) in [5.41, 5.74) is 7.16. The van der Waals surface area contributed by atoms with Gasteiger partial charge >= 0.3 is 0 Å². The zero-order chi connectivity index (χ0) is 23.9. The van der Waals surface area contributed by atoms with Crippen LogP contribution < -0.4 is 10.2 Å². The smallest absolute Gasteiger partial charge is 0.250 e. The molecule has 0 saturated heterocycles. The summed E-state index contributed by atoms with van der Waals surface area (Å²) in [6.07, 6.45) is 3.37. The van der Waals surface area contributed by atoms with Gasteiger partial charge in [-0.05, 0) is 50.2 Å². The van der Waals surface area contributed by atoms with Crippen LogP contribution in [0.5, 0.6) is 5.75 Å². The highest BCUT2D eigenvalue weighted by atomic mass is 32.2. The Kier molecular flexibility index (Phi) is 7.34. The van der Waals surface area contributed by atoms with Crippen LogP contribution in [-0.2, 0) is 4.79 Å². The highest BCUT2D eigenvalue weighted by Crippen LogP contribution is 2.29. The fourth-order valence-electron chi connectivity index (χ4n) is 3.18. The molecule has 0 atom stereocenters. The summed E-state index contributed by atoms with van der Waals surface area (Å²) in [5.74, 6) is 1.35. The van der Waals surface area contributed by atoms with Crippen molar-refractivity contribution in [1.29, 1.82) is 0 Å². The SMILES string of the molecule is COc1ccc(-n2c(SCC(=O)N/N=C(/C)c3ccncc3)nnc2-c2ccc(C)cc2)cc1. The first kappa shape index (κ1) is 23.2. The van der Waals surface area contributed by atoms with Crippen molar-refractivity contribution in [3.8, 4) is 22.8 Å². The Morgan fingerprint density at radius 3 is 2.41 bits per heavy atom. The number of thioether (sulfide) groups is 1. The van der Waals surface area contributed by atoms with Crippen molar-refractivity contribution >= 4 is 23.4 Å². The average molecular weight is 473 g/mol. The number of hydrazone groups is 1. The van der Waals surface area contributed by atoms with Gasteiger partial charge in [0, 0.05) is 29.2 Å². The van der Waals surface area contributed by atoms with Crippen molar-refractivity contribution in [1.82, 2.24) is 25.2 Å². The molecule has 2 aromatic heterocycles. The largest absolute Gasteiger partial charge is 0.497 e. The number of benzene rings is 2. The zero-order valence-corrected chi connectivity index (χ0v) is 19.9. The van der Waals surface area contributed by atoms with E-state index in [9.17, 15) is 4.79 Å². The van der Waals surface area contributed by atoms with E-state index in [1.165, 1.54) is 11.8 Å². The maximum Gasteiger partial charge on any atom is 0.250 e. The van der Waals surface area contributed by atoms with Crippen molar-refractivity contribution in [3.63, 3.8) is 0 Å². The molecule has 0 aliphatic heterocycles. The molecule has 0 aliphatic rings. The molecule has 0 fully saturated rings. The maximum atomic E-state index is 12.5. The van der Waals surface area contributed by atoms with Crippen molar-refractivity contribution in [2.24, 2.45) is 5.10 Å². The molecule has 2 heterocycles. The van der Waals surface area contributed by atoms with Gasteiger partial charge in [0.2, 0.25) is 0 Å². The van der Waals surface area contributed by atoms with Gasteiger partial charge in [-0.3, -0.25) is 14.3 Å². The van der Waals surface area contributed by atoms with Crippen LogP contribution in [0.4, 0.5) is 0 Å². The van der Waals surface area contributed by atoms with E-state index >= 15 is 0 Å². The Morgan fingerprint density at radius 1 is 1.03 bits per heavy atom. The number of carbonyl (C=O) groups excluding carboxylic acids is 1. The van der Waals surface area contributed by atoms with Gasteiger partial charge in [0.25, 0.3) is 5.91 Å². The van der Waals surface area contributed by atoms with Crippen LogP contribution in [0.1, 0.15) is 18.1 Å². The normalized spacial score (nSPS) is 11.3. The molecule has 172 valence electrons. The van der Waals surface area contributed by atoms with E-state index in [1.807, 2.05) is 79.1 Å². The third kappa shape index (κ3) is 5.49. The van der Waals surface area contributed by atoms with Crippen LogP contribution in [0, 0.1) is 6.92 Å². The Bertz CT molecular complexity index is 1290. The second kappa shape index (κ2) is 10.8. The summed E-state index contributed by atoms with van der Waals surface area (Å²) >= 11 is 1.29. The van der Waals surface area contributed by atoms with Crippen LogP contribution in [-0.4, -0.2) is 44.2 Å². The zero-order valence-electron chi connectivity index (χ0n) is 19.1. The molecule has 0 bridgehead atoms. The molecule has 8 nitrogen and oxygen atoms in total. The summed E-state index contributed by atoms with van der Waals surface area (Å²) in [5, 5.41) is 13.6. The predicted molar refractivity (Wildman–Crippen MR) is 133 cm³/mol. The van der Waals surface area contributed by atoms with Crippen molar-refractivity contribution in [2.45, 2.75) is 19.0 Å². The molecule has 2 aromatic carbocycles. The number of aromatic nitrogens is 4. The summed E-state index contributed by atoms with van der Waals surface area (Å²) in [6.45, 7) is 3.87. The van der Waals surface area contributed by atoms with Crippen LogP contribution >= 0.6 is 11.8 Å². The number of ether oxygens (including phenoxy) is 1. The number of nitrogens with zero attached hydrogens (tertiary/aromatic N) is 5. The molecule has 0 radical (unpaired) electrons. The minimum atomic E-state index is -0.237. The number of nitrogens with one attached hydrogen (secondary N) is 1. The minimum Gasteiger partial charge on any atom is -0.497 e. The summed E-state index contributed by atoms with van der Waals surface area (Å²) in [6, 6.07) is 19.4. The Morgan fingerprint density at radius 2 is 1.74 bits per heavy atom. The topological polar surface area (TPSA) is 94.3 Å². The molecule has 0 spiro atoms. The third-order valence-electron chi connectivity index (χ3n) is 5.05. The van der Waals surface area contributed by atoms with Crippen molar-refractivity contribution in [3.05, 3.63) is 84.2 Å². The third-order valence-corrected chi connectivity index (χ3v) is 5.98. The lowest BCUT2D eigenvalue weighted by Crippen LogP contribution is -2.21. The highest BCUT2D eigenvalue weighted by molar-refractivity contribution is 7.99. The summed E-state index contributed by atoms with van der Waals surface area (Å²) < 4.78 is 7.23. The fourth-order valence-corrected chi connectivity index (χ4v) is 3.93. The van der Waals surface area contributed by atoms with Gasteiger partial charge < -0.3 is 4.74 Å². The second-order valence-electron chi connectivity index (χ2n) is 7.46. The molecule has 1 N–H and O–H groups in total. The van der Waals surface area contributed by atoms with Crippen LogP contribution in [0.2, 0.25) is 0 Å². The standard InChI is InChI=1S/C25H24N6O2S/c1-17-4-6-20(7-5-17)24-29-30-25(31(24)21-8-10-22(33-3)11-9-21)34-16-23(32)28-27-18(2)19-12-14-26-15-13-19/h4-15H,16H2,1-3H3,(H,28,32)/b27-18-. The molecule has 4 rings (SSSR count). The maximum absolute atomic E-state index is 12.5. The van der Waals surface area contributed by atoms with E-state index in [1.54, 1.807) is 19.5 Å². The Labute approximate surface area is 202 Å². The molecule has 0 saturated carbocycles. The number of methoxy groups -OCH3 is 1. The molecule has 9 heteroatoms. The first-order valence-electron chi connectivity index (χ1n) is 10.6. The second-order valence-corrected chi connectivity index (χ2v) is 8.40. The van der Waals surface area contributed by atoms with E-state index in [-0.39, 0.29) is 11.7 Å². The summed E-state index contributed by atoms with van der Waals surface area (Å²) in [4.78, 5) is 16.5. The van der Waals surface area contributed by atoms with Gasteiger partial charge in [-0.2, -0.15) is 5.10 Å². The van der Waals surface area contributed by atoms with Gasteiger partial charge in [-0.15, -0.1) is 10.2 Å². The van der Waals surface area contributed by atoms with Crippen LogP contribution in [0.15, 0.2) is 83.3 Å². The van der Waals surface area contributed by atoms with Crippen LogP contribution in [0.3, 0.4) is 0 Å². The lowest BCUT2D eigenvalue weighted by molar-refractivity contribution is -0.118. The number of hydrogen-bond donors (Lipinski definition) is 1. The molecule has 0 unspecified atom stereocenters. The van der Waals surface area contributed by atoms with Gasteiger partial charge in [-0.1, -0.05) is 41.6 Å². The first-order valence-corrected chi connectivity index (χ1v) is 11.6. The highest BCUT2D eigenvalue weighted by Gasteiger charge is 2.17. The number of carbonyl (C=O) groups is 1. The Balaban J connectivity index is 1.55. The van der Waals surface area contributed by atoms with E-state index in [4.69, 9.17) is 4.74 Å². The number of amides is 1. The number of hydrogen-bond acceptors (Lipinski definition) is 7. The van der Waals surface area contributed by atoms with E-state index in [0.717, 1.165) is 28.1 Å². The first-order chi connectivity index (χ1) is 16.5. The number of pyridine rings is 1. The van der Waals surface area contributed by atoms with Crippen LogP contribution in [0.25, 0.3) is 17.1 Å². The summed E-state index contributed by atoms with van der Waals surface area (Å²) in [7, 11) is 1.63. The minimum absolute atomic E-state index is 0.134. The van der Waals surface area contributed by atoms with Gasteiger partial charge in [0.1, 0.15) is 5.75 Å². The van der Waals surface area contributed by atoms with Gasteiger partial charge in [-0.25, -0.2) is 5.43 Å². The molecular formula is C25H24N6O2S. The van der Waals surface area contributed by atoms with Gasteiger partial charge in [0.15, 0.2) is 11.0 Å². The van der Waals surface area contributed by atoms with Crippen molar-refractivity contribution in [2.75, 3.05) is 12.9 Å². The number of aryl methyl sites for hydroxylation is 1. The average Bonchev–Trinajstić information content (AvgIpc) is 3.31. The molecule has 1 amide bonds. The van der Waals surface area contributed by atoms with E-state index < -0.39 is 0 Å². The fraction of sp³-hybridized carbons (Fsp3) is 0.160. The van der Waals surface area contributed by atoms with Crippen molar-refractivity contribution < 1.29 is 9.53 Å². The van der Waals surface area contributed by atoms with E-state index in [0.29, 0.717) is 16.7 Å². The van der Waals surface area contributed by atoms with E-state index in [2.05, 4.69) is 25.7 Å². The Hall–Kier alpha value is -3.98. The molecule has 34 heavy (non-hydrogen) atoms. The molecule has 4 aromatic rings. The quantitative estimate of drug-likeness (QED) is 0.234. The monoisotopic (exact) mass is 472 g/mol. The lowest BCUT2D eigenvalue weighted by atomic mass is 10.1. The molecule has 0 aliphatic carbocycles. The van der Waals surface area contributed by atoms with Gasteiger partial charge in [0.05, 0.1) is 18.6 Å². The lowest BCUT2D eigenvalue weighted by Gasteiger charge is -2.11. The predicted octanol–water partition coefficient (Wildman–Crippen LogP) is 4.28. The molecular weight excluding hydrogens is 448 g/mol. The number of rotatable bonds is 8.